The molecule has 0 bridgehead atoms. The Balaban J connectivity index is 2.22. The SMILES string of the molecule is Cn1c(-c2cccc(C(F)(F)F)c2F)nc2cc(C(F)(F)F)cnc21. The third-order valence-electron chi connectivity index (χ3n) is 3.58. The molecule has 0 radical (unpaired) electrons. The first-order valence-electron chi connectivity index (χ1n) is 6.76. The van der Waals surface area contributed by atoms with Gasteiger partial charge in [0.15, 0.2) is 5.65 Å². The number of nitrogens with zero attached hydrogens (tertiary/aromatic N) is 3. The molecule has 0 aliphatic carbocycles. The van der Waals surface area contributed by atoms with E-state index >= 15 is 0 Å². The van der Waals surface area contributed by atoms with Crippen LogP contribution in [0.15, 0.2) is 30.5 Å². The van der Waals surface area contributed by atoms with Crippen molar-refractivity contribution < 1.29 is 30.7 Å². The van der Waals surface area contributed by atoms with Crippen LogP contribution in [0.5, 0.6) is 0 Å². The Morgan fingerprint density at radius 3 is 2.28 bits per heavy atom. The summed E-state index contributed by atoms with van der Waals surface area (Å²) >= 11 is 0. The molecule has 0 saturated heterocycles. The number of pyridine rings is 1. The summed E-state index contributed by atoms with van der Waals surface area (Å²) in [6, 6.07) is 3.34. The van der Waals surface area contributed by atoms with Gasteiger partial charge in [-0.2, -0.15) is 26.3 Å². The number of aryl methyl sites for hydroxylation is 1. The summed E-state index contributed by atoms with van der Waals surface area (Å²) in [4.78, 5) is 7.46. The van der Waals surface area contributed by atoms with Crippen molar-refractivity contribution in [3.05, 3.63) is 47.4 Å². The van der Waals surface area contributed by atoms with Gasteiger partial charge in [0.1, 0.15) is 17.2 Å². The minimum atomic E-state index is -4.91. The summed E-state index contributed by atoms with van der Waals surface area (Å²) in [5, 5.41) is 0. The maximum absolute atomic E-state index is 14.3. The van der Waals surface area contributed by atoms with Crippen molar-refractivity contribution in [2.75, 3.05) is 0 Å². The van der Waals surface area contributed by atoms with E-state index in [1.165, 1.54) is 7.05 Å². The number of imidazole rings is 1. The van der Waals surface area contributed by atoms with E-state index in [-0.39, 0.29) is 17.0 Å². The molecular formula is C15H8F7N3. The van der Waals surface area contributed by atoms with Crippen LogP contribution >= 0.6 is 0 Å². The van der Waals surface area contributed by atoms with Crippen molar-refractivity contribution in [2.24, 2.45) is 7.05 Å². The lowest BCUT2D eigenvalue weighted by molar-refractivity contribution is -0.140. The molecule has 0 unspecified atom stereocenters. The van der Waals surface area contributed by atoms with Crippen LogP contribution in [-0.2, 0) is 19.4 Å². The average Bonchev–Trinajstić information content (AvgIpc) is 2.82. The minimum Gasteiger partial charge on any atom is -0.312 e. The predicted octanol–water partition coefficient (Wildman–Crippen LogP) is 4.81. The van der Waals surface area contributed by atoms with Crippen LogP contribution in [-0.4, -0.2) is 14.5 Å². The molecule has 132 valence electrons. The standard InChI is InChI=1S/C15H8F7N3/c1-25-12(8-3-2-4-9(11(8)16)15(20,21)22)24-10-5-7(14(17,18)19)6-23-13(10)25/h2-6H,1H3. The van der Waals surface area contributed by atoms with E-state index in [0.29, 0.717) is 18.3 Å². The van der Waals surface area contributed by atoms with E-state index in [1.54, 1.807) is 0 Å². The molecule has 2 aromatic heterocycles. The van der Waals surface area contributed by atoms with Gasteiger partial charge in [-0.3, -0.25) is 0 Å². The summed E-state index contributed by atoms with van der Waals surface area (Å²) in [6.45, 7) is 0. The largest absolute Gasteiger partial charge is 0.419 e. The Kier molecular flexibility index (Phi) is 3.73. The minimum absolute atomic E-state index is 0.0141. The Hall–Kier alpha value is -2.65. The van der Waals surface area contributed by atoms with Crippen LogP contribution in [0.25, 0.3) is 22.6 Å². The van der Waals surface area contributed by atoms with E-state index < -0.39 is 34.9 Å². The van der Waals surface area contributed by atoms with Crippen LogP contribution in [0.1, 0.15) is 11.1 Å². The van der Waals surface area contributed by atoms with Crippen molar-refractivity contribution in [2.45, 2.75) is 12.4 Å². The first-order chi connectivity index (χ1) is 11.5. The lowest BCUT2D eigenvalue weighted by atomic mass is 10.1. The highest BCUT2D eigenvalue weighted by molar-refractivity contribution is 5.78. The van der Waals surface area contributed by atoms with E-state index in [9.17, 15) is 30.7 Å². The molecule has 3 rings (SSSR count). The monoisotopic (exact) mass is 363 g/mol. The average molecular weight is 363 g/mol. The molecule has 0 amide bonds. The van der Waals surface area contributed by atoms with Crippen LogP contribution < -0.4 is 0 Å². The Morgan fingerprint density at radius 2 is 1.68 bits per heavy atom. The molecule has 0 saturated carbocycles. The summed E-state index contributed by atoms with van der Waals surface area (Å²) in [7, 11) is 1.32. The highest BCUT2D eigenvalue weighted by Gasteiger charge is 2.36. The first-order valence-corrected chi connectivity index (χ1v) is 6.76. The Bertz CT molecular complexity index is 954. The first kappa shape index (κ1) is 17.2. The Morgan fingerprint density at radius 1 is 1.00 bits per heavy atom. The molecule has 3 aromatic rings. The van der Waals surface area contributed by atoms with Gasteiger partial charge < -0.3 is 4.57 Å². The van der Waals surface area contributed by atoms with Crippen molar-refractivity contribution >= 4 is 11.2 Å². The molecule has 0 fully saturated rings. The molecule has 0 aliphatic heterocycles. The summed E-state index contributed by atoms with van der Waals surface area (Å²) in [5.74, 6) is -1.81. The Labute approximate surface area is 135 Å². The third-order valence-corrected chi connectivity index (χ3v) is 3.58. The van der Waals surface area contributed by atoms with Crippen molar-refractivity contribution in [1.29, 1.82) is 0 Å². The summed E-state index contributed by atoms with van der Waals surface area (Å²) < 4.78 is 92.1. The summed E-state index contributed by atoms with van der Waals surface area (Å²) in [6.07, 6.45) is -8.98. The van der Waals surface area contributed by atoms with Crippen LogP contribution in [0.4, 0.5) is 30.7 Å². The topological polar surface area (TPSA) is 30.7 Å². The lowest BCUT2D eigenvalue weighted by Gasteiger charge is -2.11. The molecule has 3 nitrogen and oxygen atoms in total. The molecular weight excluding hydrogens is 355 g/mol. The fourth-order valence-corrected chi connectivity index (χ4v) is 2.40. The molecule has 0 spiro atoms. The van der Waals surface area contributed by atoms with Crippen LogP contribution in [0.3, 0.4) is 0 Å². The van der Waals surface area contributed by atoms with Gasteiger partial charge in [-0.1, -0.05) is 6.07 Å². The molecule has 0 aliphatic rings. The van der Waals surface area contributed by atoms with Crippen molar-refractivity contribution in [3.8, 4) is 11.4 Å². The second kappa shape index (κ2) is 5.43. The van der Waals surface area contributed by atoms with Crippen LogP contribution in [0, 0.1) is 5.82 Å². The number of aromatic nitrogens is 3. The fraction of sp³-hybridized carbons (Fsp3) is 0.200. The zero-order valence-corrected chi connectivity index (χ0v) is 12.4. The smallest absolute Gasteiger partial charge is 0.312 e. The van der Waals surface area contributed by atoms with Gasteiger partial charge in [0.2, 0.25) is 0 Å². The van der Waals surface area contributed by atoms with Gasteiger partial charge in [0.25, 0.3) is 0 Å². The quantitative estimate of drug-likeness (QED) is 0.581. The number of halogens is 7. The number of hydrogen-bond acceptors (Lipinski definition) is 2. The van der Waals surface area contributed by atoms with Gasteiger partial charge in [0.05, 0.1) is 16.7 Å². The molecule has 2 heterocycles. The number of rotatable bonds is 1. The zero-order valence-electron chi connectivity index (χ0n) is 12.4. The maximum Gasteiger partial charge on any atom is 0.419 e. The van der Waals surface area contributed by atoms with Crippen molar-refractivity contribution in [1.82, 2.24) is 14.5 Å². The maximum atomic E-state index is 14.3. The van der Waals surface area contributed by atoms with Gasteiger partial charge in [-0.15, -0.1) is 0 Å². The normalized spacial score (nSPS) is 12.8. The van der Waals surface area contributed by atoms with Gasteiger partial charge in [-0.05, 0) is 18.2 Å². The third kappa shape index (κ3) is 2.92. The second-order valence-corrected chi connectivity index (χ2v) is 5.22. The fourth-order valence-electron chi connectivity index (χ4n) is 2.40. The second-order valence-electron chi connectivity index (χ2n) is 5.22. The van der Waals surface area contributed by atoms with Gasteiger partial charge in [0, 0.05) is 13.2 Å². The van der Waals surface area contributed by atoms with E-state index in [2.05, 4.69) is 9.97 Å². The molecule has 10 heteroatoms. The molecule has 0 atom stereocenters. The lowest BCUT2D eigenvalue weighted by Crippen LogP contribution is -2.09. The molecule has 25 heavy (non-hydrogen) atoms. The van der Waals surface area contributed by atoms with E-state index in [0.717, 1.165) is 16.7 Å². The number of hydrogen-bond donors (Lipinski definition) is 0. The zero-order chi connectivity index (χ0) is 18.6. The molecule has 1 aromatic carbocycles. The summed E-state index contributed by atoms with van der Waals surface area (Å²) in [5.41, 5.74) is -3.25. The molecule has 0 N–H and O–H groups in total. The number of alkyl halides is 6. The van der Waals surface area contributed by atoms with Crippen molar-refractivity contribution in [3.63, 3.8) is 0 Å². The van der Waals surface area contributed by atoms with E-state index in [1.807, 2.05) is 0 Å². The van der Waals surface area contributed by atoms with Gasteiger partial charge >= 0.3 is 12.4 Å². The predicted molar refractivity (Wildman–Crippen MR) is 73.9 cm³/mol. The number of benzene rings is 1. The van der Waals surface area contributed by atoms with Gasteiger partial charge in [-0.25, -0.2) is 14.4 Å². The highest BCUT2D eigenvalue weighted by atomic mass is 19.4. The highest BCUT2D eigenvalue weighted by Crippen LogP contribution is 2.36. The number of fused-ring (bicyclic) bond motifs is 1. The van der Waals surface area contributed by atoms with E-state index in [4.69, 9.17) is 0 Å². The van der Waals surface area contributed by atoms with Crippen LogP contribution in [0.2, 0.25) is 0 Å².